The van der Waals surface area contributed by atoms with Crippen LogP contribution in [0.15, 0.2) is 42.3 Å². The van der Waals surface area contributed by atoms with Gasteiger partial charge in [0.25, 0.3) is 0 Å². The van der Waals surface area contributed by atoms with Crippen molar-refractivity contribution in [2.24, 2.45) is 5.92 Å². The Hall–Kier alpha value is -1.30. The van der Waals surface area contributed by atoms with Crippen LogP contribution in [0.25, 0.3) is 5.57 Å². The Morgan fingerprint density at radius 1 is 1.48 bits per heavy atom. The van der Waals surface area contributed by atoms with Crippen LogP contribution >= 0.6 is 35.6 Å². The van der Waals surface area contributed by atoms with Crippen molar-refractivity contribution in [2.45, 2.75) is 5.37 Å². The number of halogens is 1. The molecule has 0 radical (unpaired) electrons. The van der Waals surface area contributed by atoms with Gasteiger partial charge in [0.1, 0.15) is 0 Å². The van der Waals surface area contributed by atoms with E-state index in [2.05, 4.69) is 11.9 Å². The molecule has 0 bridgehead atoms. The quantitative estimate of drug-likeness (QED) is 0.678. The van der Waals surface area contributed by atoms with Gasteiger partial charge >= 0.3 is 0 Å². The molecule has 0 spiro atoms. The number of carbonyl (C=O) groups is 1. The molecule has 108 valence electrons. The first-order chi connectivity index (χ1) is 10.1. The Balaban J connectivity index is 1.96. The van der Waals surface area contributed by atoms with Gasteiger partial charge < -0.3 is 5.32 Å². The zero-order valence-corrected chi connectivity index (χ0v) is 13.5. The molecule has 1 fully saturated rings. The summed E-state index contributed by atoms with van der Waals surface area (Å²) in [5, 5.41) is 6.28. The van der Waals surface area contributed by atoms with Crippen LogP contribution in [0.1, 0.15) is 5.56 Å². The first-order valence-electron chi connectivity index (χ1n) is 6.46. The molecular weight excluding hydrogens is 324 g/mol. The summed E-state index contributed by atoms with van der Waals surface area (Å²) in [4.78, 5) is 14.3. The molecule has 2 unspecified atom stereocenters. The third-order valence-corrected chi connectivity index (χ3v) is 5.26. The van der Waals surface area contributed by atoms with Crippen molar-refractivity contribution >= 4 is 52.2 Å². The molecule has 2 aliphatic rings. The van der Waals surface area contributed by atoms with Gasteiger partial charge in [0.2, 0.25) is 5.91 Å². The van der Waals surface area contributed by atoms with Crippen LogP contribution in [0.2, 0.25) is 5.02 Å². The van der Waals surface area contributed by atoms with E-state index >= 15 is 0 Å². The number of nitrogens with one attached hydrogen (secondary N) is 1. The number of amides is 1. The number of hydrogen-bond donors (Lipinski definition) is 1. The van der Waals surface area contributed by atoms with Crippen LogP contribution in [0.4, 0.5) is 0 Å². The maximum atomic E-state index is 12.8. The van der Waals surface area contributed by atoms with Gasteiger partial charge in [0, 0.05) is 11.6 Å². The standard InChI is InChI=1S/C15H13ClN2OS2/c1-2-7-18-14(19)12-10(8-21-13(12)17-15(18)20)9-5-3-4-6-11(9)16/h2-6,8,12-13H,1,7H2,(H,17,20). The predicted octanol–water partition coefficient (Wildman–Crippen LogP) is 3.27. The number of carbonyl (C=O) groups excluding carboxylic acids is 1. The highest BCUT2D eigenvalue weighted by Gasteiger charge is 2.44. The molecule has 0 aromatic heterocycles. The van der Waals surface area contributed by atoms with Crippen molar-refractivity contribution in [1.82, 2.24) is 10.2 Å². The maximum Gasteiger partial charge on any atom is 0.239 e. The molecule has 1 aromatic rings. The number of fused-ring (bicyclic) bond motifs is 1. The fourth-order valence-electron chi connectivity index (χ4n) is 2.54. The summed E-state index contributed by atoms with van der Waals surface area (Å²) < 4.78 is 0. The van der Waals surface area contributed by atoms with Gasteiger partial charge in [0.15, 0.2) is 5.11 Å². The minimum atomic E-state index is -0.276. The topological polar surface area (TPSA) is 32.3 Å². The van der Waals surface area contributed by atoms with Gasteiger partial charge in [-0.3, -0.25) is 9.69 Å². The van der Waals surface area contributed by atoms with Crippen molar-refractivity contribution < 1.29 is 4.79 Å². The summed E-state index contributed by atoms with van der Waals surface area (Å²) in [6.45, 7) is 4.09. The molecule has 1 N–H and O–H groups in total. The molecule has 1 aromatic carbocycles. The first kappa shape index (κ1) is 14.6. The summed E-state index contributed by atoms with van der Waals surface area (Å²) in [6, 6.07) is 7.58. The van der Waals surface area contributed by atoms with Crippen LogP contribution in [0.5, 0.6) is 0 Å². The Morgan fingerprint density at radius 3 is 2.95 bits per heavy atom. The number of thioether (sulfide) groups is 1. The molecule has 2 aliphatic heterocycles. The minimum absolute atomic E-state index is 0.000167. The van der Waals surface area contributed by atoms with Gasteiger partial charge in [0.05, 0.1) is 11.3 Å². The lowest BCUT2D eigenvalue weighted by Gasteiger charge is -2.36. The van der Waals surface area contributed by atoms with Crippen LogP contribution in [-0.4, -0.2) is 27.8 Å². The van der Waals surface area contributed by atoms with E-state index in [-0.39, 0.29) is 17.2 Å². The molecule has 6 heteroatoms. The maximum absolute atomic E-state index is 12.8. The minimum Gasteiger partial charge on any atom is -0.349 e. The molecule has 3 rings (SSSR count). The smallest absolute Gasteiger partial charge is 0.239 e. The Kier molecular flexibility index (Phi) is 4.06. The SMILES string of the molecule is C=CCN1C(=O)C2C(c3ccccc3Cl)=CSC2NC1=S. The second-order valence-corrected chi connectivity index (χ2v) is 6.58. The van der Waals surface area contributed by atoms with Crippen LogP contribution in [-0.2, 0) is 4.79 Å². The van der Waals surface area contributed by atoms with Gasteiger partial charge in [-0.05, 0) is 34.8 Å². The van der Waals surface area contributed by atoms with E-state index in [9.17, 15) is 4.79 Å². The van der Waals surface area contributed by atoms with Gasteiger partial charge in [-0.25, -0.2) is 0 Å². The Labute approximate surface area is 138 Å². The summed E-state index contributed by atoms with van der Waals surface area (Å²) in [5.74, 6) is -0.277. The highest BCUT2D eigenvalue weighted by molar-refractivity contribution is 8.03. The van der Waals surface area contributed by atoms with Gasteiger partial charge in [-0.2, -0.15) is 0 Å². The zero-order chi connectivity index (χ0) is 15.0. The van der Waals surface area contributed by atoms with Crippen molar-refractivity contribution in [1.29, 1.82) is 0 Å². The Bertz CT molecular complexity index is 659. The second kappa shape index (κ2) is 5.83. The molecule has 1 amide bonds. The normalized spacial score (nSPS) is 24.4. The van der Waals surface area contributed by atoms with E-state index in [1.54, 1.807) is 22.7 Å². The average molecular weight is 337 g/mol. The van der Waals surface area contributed by atoms with E-state index in [4.69, 9.17) is 23.8 Å². The third kappa shape index (κ3) is 2.50. The van der Waals surface area contributed by atoms with Crippen molar-refractivity contribution in [3.05, 3.63) is 52.9 Å². The molecule has 1 saturated heterocycles. The number of thiocarbonyl (C=S) groups is 1. The fourth-order valence-corrected chi connectivity index (χ4v) is 4.31. The molecule has 2 heterocycles. The number of rotatable bonds is 3. The van der Waals surface area contributed by atoms with E-state index < -0.39 is 0 Å². The average Bonchev–Trinajstić information content (AvgIpc) is 2.87. The largest absolute Gasteiger partial charge is 0.349 e. The van der Waals surface area contributed by atoms with Crippen molar-refractivity contribution in [3.63, 3.8) is 0 Å². The van der Waals surface area contributed by atoms with Crippen LogP contribution < -0.4 is 5.32 Å². The van der Waals surface area contributed by atoms with Crippen molar-refractivity contribution in [2.75, 3.05) is 6.54 Å². The van der Waals surface area contributed by atoms with Crippen LogP contribution in [0, 0.1) is 5.92 Å². The lowest BCUT2D eigenvalue weighted by atomic mass is 9.91. The molecule has 21 heavy (non-hydrogen) atoms. The lowest BCUT2D eigenvalue weighted by Crippen LogP contribution is -2.57. The number of hydrogen-bond acceptors (Lipinski definition) is 3. The Morgan fingerprint density at radius 2 is 2.24 bits per heavy atom. The van der Waals surface area contributed by atoms with Gasteiger partial charge in [-0.1, -0.05) is 35.9 Å². The number of benzene rings is 1. The van der Waals surface area contributed by atoms with Gasteiger partial charge in [-0.15, -0.1) is 18.3 Å². The predicted molar refractivity (Wildman–Crippen MR) is 91.9 cm³/mol. The third-order valence-electron chi connectivity index (χ3n) is 3.52. The lowest BCUT2D eigenvalue weighted by molar-refractivity contribution is -0.130. The molecular formula is C15H13ClN2OS2. The first-order valence-corrected chi connectivity index (χ1v) is 8.19. The van der Waals surface area contributed by atoms with E-state index in [1.165, 1.54) is 0 Å². The summed E-state index contributed by atoms with van der Waals surface area (Å²) in [6.07, 6.45) is 1.67. The highest BCUT2D eigenvalue weighted by atomic mass is 35.5. The number of nitrogens with zero attached hydrogens (tertiary/aromatic N) is 1. The van der Waals surface area contributed by atoms with E-state index in [0.717, 1.165) is 11.1 Å². The summed E-state index contributed by atoms with van der Waals surface area (Å²) in [5.41, 5.74) is 1.85. The fraction of sp³-hybridized carbons (Fsp3) is 0.200. The van der Waals surface area contributed by atoms with Crippen LogP contribution in [0.3, 0.4) is 0 Å². The highest BCUT2D eigenvalue weighted by Crippen LogP contribution is 2.44. The van der Waals surface area contributed by atoms with Crippen molar-refractivity contribution in [3.8, 4) is 0 Å². The zero-order valence-electron chi connectivity index (χ0n) is 11.1. The summed E-state index contributed by atoms with van der Waals surface area (Å²) >= 11 is 13.1. The molecule has 0 aliphatic carbocycles. The summed E-state index contributed by atoms with van der Waals surface area (Å²) in [7, 11) is 0. The molecule has 2 atom stereocenters. The second-order valence-electron chi connectivity index (χ2n) is 4.77. The van der Waals surface area contributed by atoms with E-state index in [1.807, 2.05) is 29.7 Å². The molecule has 3 nitrogen and oxygen atoms in total. The monoisotopic (exact) mass is 336 g/mol. The molecule has 0 saturated carbocycles. The van der Waals surface area contributed by atoms with E-state index in [0.29, 0.717) is 16.7 Å².